The van der Waals surface area contributed by atoms with Gasteiger partial charge in [0.2, 0.25) is 0 Å². The zero-order valence-corrected chi connectivity index (χ0v) is 10.4. The fourth-order valence-corrected chi connectivity index (χ4v) is 1.29. The topological polar surface area (TPSA) is 15.3 Å². The van der Waals surface area contributed by atoms with Gasteiger partial charge in [0.25, 0.3) is 0 Å². The Kier molecular flexibility index (Phi) is 7.76. The summed E-state index contributed by atoms with van der Waals surface area (Å²) in [7, 11) is 1.73. The van der Waals surface area contributed by atoms with Crippen molar-refractivity contribution in [1.82, 2.24) is 10.2 Å². The van der Waals surface area contributed by atoms with Crippen molar-refractivity contribution in [2.24, 2.45) is 5.92 Å². The van der Waals surface area contributed by atoms with Gasteiger partial charge in [0.05, 0.1) is 6.42 Å². The minimum Gasteiger partial charge on any atom is -0.316 e. The van der Waals surface area contributed by atoms with E-state index < -0.39 is 12.6 Å². The first-order chi connectivity index (χ1) is 7.31. The summed E-state index contributed by atoms with van der Waals surface area (Å²) in [6.07, 6.45) is -3.87. The summed E-state index contributed by atoms with van der Waals surface area (Å²) < 4.78 is 35.7. The molecule has 0 saturated heterocycles. The lowest BCUT2D eigenvalue weighted by atomic mass is 10.2. The predicted molar refractivity (Wildman–Crippen MR) is 60.5 cm³/mol. The molecule has 0 atom stereocenters. The number of rotatable bonds is 8. The van der Waals surface area contributed by atoms with Crippen LogP contribution in [-0.4, -0.2) is 44.3 Å². The van der Waals surface area contributed by atoms with Crippen molar-refractivity contribution >= 4 is 0 Å². The molecule has 0 aliphatic rings. The van der Waals surface area contributed by atoms with Crippen molar-refractivity contribution in [3.8, 4) is 0 Å². The standard InChI is InChI=1S/C11H23F3N2/c1-10(2)9-15-6-4-7-16(3)8-5-11(12,13)14/h10,15H,4-9H2,1-3H3. The lowest BCUT2D eigenvalue weighted by Crippen LogP contribution is -2.28. The molecule has 0 aromatic heterocycles. The predicted octanol–water partition coefficient (Wildman–Crippen LogP) is 2.51. The van der Waals surface area contributed by atoms with Gasteiger partial charge >= 0.3 is 6.18 Å². The maximum atomic E-state index is 11.9. The van der Waals surface area contributed by atoms with Crippen molar-refractivity contribution in [2.45, 2.75) is 32.9 Å². The Bertz CT molecular complexity index is 169. The van der Waals surface area contributed by atoms with Crippen LogP contribution in [0.15, 0.2) is 0 Å². The van der Waals surface area contributed by atoms with Gasteiger partial charge < -0.3 is 10.2 Å². The molecule has 0 radical (unpaired) electrons. The van der Waals surface area contributed by atoms with Gasteiger partial charge in [-0.2, -0.15) is 13.2 Å². The molecule has 1 N–H and O–H groups in total. The van der Waals surface area contributed by atoms with Gasteiger partial charge in [-0.15, -0.1) is 0 Å². The molecule has 0 aromatic carbocycles. The minimum absolute atomic E-state index is 0.0910. The van der Waals surface area contributed by atoms with E-state index in [1.54, 1.807) is 11.9 Å². The average molecular weight is 240 g/mol. The molecule has 0 heterocycles. The van der Waals surface area contributed by atoms with Crippen LogP contribution >= 0.6 is 0 Å². The van der Waals surface area contributed by atoms with Crippen molar-refractivity contribution in [2.75, 3.05) is 33.2 Å². The molecule has 0 aliphatic carbocycles. The highest BCUT2D eigenvalue weighted by molar-refractivity contribution is 4.59. The SMILES string of the molecule is CC(C)CNCCCN(C)CCC(F)(F)F. The smallest absolute Gasteiger partial charge is 0.316 e. The number of nitrogens with zero attached hydrogens (tertiary/aromatic N) is 1. The molecule has 98 valence electrons. The first-order valence-corrected chi connectivity index (χ1v) is 5.77. The molecule has 5 heteroatoms. The molecular formula is C11H23F3N2. The highest BCUT2D eigenvalue weighted by Crippen LogP contribution is 2.19. The summed E-state index contributed by atoms with van der Waals surface area (Å²) in [5.74, 6) is 0.614. The lowest BCUT2D eigenvalue weighted by Gasteiger charge is -2.17. The fourth-order valence-electron chi connectivity index (χ4n) is 1.29. The quantitative estimate of drug-likeness (QED) is 0.656. The maximum Gasteiger partial charge on any atom is 0.390 e. The molecule has 0 bridgehead atoms. The molecular weight excluding hydrogens is 217 g/mol. The normalized spacial score (nSPS) is 12.8. The Balaban J connectivity index is 3.34. The average Bonchev–Trinajstić information content (AvgIpc) is 2.12. The van der Waals surface area contributed by atoms with Crippen LogP contribution in [0.25, 0.3) is 0 Å². The molecule has 0 amide bonds. The van der Waals surface area contributed by atoms with E-state index in [1.165, 1.54) is 0 Å². The minimum atomic E-state index is -4.04. The van der Waals surface area contributed by atoms with E-state index in [-0.39, 0.29) is 6.54 Å². The number of alkyl halides is 3. The molecule has 0 aromatic rings. The number of hydrogen-bond acceptors (Lipinski definition) is 2. The van der Waals surface area contributed by atoms with Crippen LogP contribution in [0.2, 0.25) is 0 Å². The van der Waals surface area contributed by atoms with Crippen molar-refractivity contribution in [1.29, 1.82) is 0 Å². The Morgan fingerprint density at radius 2 is 1.81 bits per heavy atom. The van der Waals surface area contributed by atoms with E-state index in [2.05, 4.69) is 19.2 Å². The van der Waals surface area contributed by atoms with E-state index in [0.717, 1.165) is 19.5 Å². The largest absolute Gasteiger partial charge is 0.390 e. The summed E-state index contributed by atoms with van der Waals surface area (Å²) >= 11 is 0. The zero-order chi connectivity index (χ0) is 12.6. The second kappa shape index (κ2) is 7.90. The summed E-state index contributed by atoms with van der Waals surface area (Å²) in [6, 6.07) is 0. The number of halogens is 3. The van der Waals surface area contributed by atoms with Crippen molar-refractivity contribution < 1.29 is 13.2 Å². The third-order valence-electron chi connectivity index (χ3n) is 2.22. The lowest BCUT2D eigenvalue weighted by molar-refractivity contribution is -0.137. The molecule has 0 spiro atoms. The van der Waals surface area contributed by atoms with E-state index in [9.17, 15) is 13.2 Å². The second-order valence-corrected chi connectivity index (χ2v) is 4.62. The van der Waals surface area contributed by atoms with Gasteiger partial charge in [0.1, 0.15) is 0 Å². The summed E-state index contributed by atoms with van der Waals surface area (Å²) in [6.45, 7) is 6.89. The maximum absolute atomic E-state index is 11.9. The monoisotopic (exact) mass is 240 g/mol. The van der Waals surface area contributed by atoms with E-state index in [0.29, 0.717) is 12.5 Å². The van der Waals surface area contributed by atoms with Gasteiger partial charge in [0, 0.05) is 6.54 Å². The highest BCUT2D eigenvalue weighted by atomic mass is 19.4. The molecule has 0 fully saturated rings. The van der Waals surface area contributed by atoms with Crippen LogP contribution < -0.4 is 5.32 Å². The first-order valence-electron chi connectivity index (χ1n) is 5.77. The third kappa shape index (κ3) is 11.8. The molecule has 2 nitrogen and oxygen atoms in total. The van der Waals surface area contributed by atoms with Gasteiger partial charge in [0.15, 0.2) is 0 Å². The van der Waals surface area contributed by atoms with Crippen LogP contribution in [0.4, 0.5) is 13.2 Å². The van der Waals surface area contributed by atoms with Gasteiger partial charge in [-0.1, -0.05) is 13.8 Å². The number of hydrogen-bond donors (Lipinski definition) is 1. The van der Waals surface area contributed by atoms with E-state index in [1.807, 2.05) is 0 Å². The van der Waals surface area contributed by atoms with Crippen molar-refractivity contribution in [3.63, 3.8) is 0 Å². The Hall–Kier alpha value is -0.290. The van der Waals surface area contributed by atoms with Gasteiger partial charge in [-0.3, -0.25) is 0 Å². The molecule has 0 rings (SSSR count). The Morgan fingerprint density at radius 3 is 2.31 bits per heavy atom. The second-order valence-electron chi connectivity index (χ2n) is 4.62. The van der Waals surface area contributed by atoms with Gasteiger partial charge in [-0.05, 0) is 39.0 Å². The molecule has 0 saturated carbocycles. The van der Waals surface area contributed by atoms with Crippen LogP contribution in [0.5, 0.6) is 0 Å². The Labute approximate surface area is 96.2 Å². The van der Waals surface area contributed by atoms with E-state index in [4.69, 9.17) is 0 Å². The van der Waals surface area contributed by atoms with Crippen LogP contribution in [0.3, 0.4) is 0 Å². The molecule has 0 aliphatic heterocycles. The summed E-state index contributed by atoms with van der Waals surface area (Å²) in [5.41, 5.74) is 0. The molecule has 16 heavy (non-hydrogen) atoms. The third-order valence-corrected chi connectivity index (χ3v) is 2.22. The van der Waals surface area contributed by atoms with Crippen LogP contribution in [0, 0.1) is 5.92 Å². The summed E-state index contributed by atoms with van der Waals surface area (Å²) in [5, 5.41) is 3.26. The van der Waals surface area contributed by atoms with Gasteiger partial charge in [-0.25, -0.2) is 0 Å². The zero-order valence-electron chi connectivity index (χ0n) is 10.4. The van der Waals surface area contributed by atoms with Crippen molar-refractivity contribution in [3.05, 3.63) is 0 Å². The first kappa shape index (κ1) is 15.7. The van der Waals surface area contributed by atoms with Crippen LogP contribution in [-0.2, 0) is 0 Å². The molecule has 0 unspecified atom stereocenters. The van der Waals surface area contributed by atoms with Crippen LogP contribution in [0.1, 0.15) is 26.7 Å². The highest BCUT2D eigenvalue weighted by Gasteiger charge is 2.26. The fraction of sp³-hybridized carbons (Fsp3) is 1.00. The van der Waals surface area contributed by atoms with E-state index >= 15 is 0 Å². The number of nitrogens with one attached hydrogen (secondary N) is 1. The Morgan fingerprint density at radius 1 is 1.19 bits per heavy atom. The summed E-state index contributed by atoms with van der Waals surface area (Å²) in [4.78, 5) is 1.73.